The second kappa shape index (κ2) is 7.14. The van der Waals surface area contributed by atoms with Crippen LogP contribution in [0.5, 0.6) is 0 Å². The van der Waals surface area contributed by atoms with E-state index in [1.807, 2.05) is 37.6 Å². The molecule has 0 aromatic carbocycles. The fraction of sp³-hybridized carbons (Fsp3) is 0.577. The van der Waals surface area contributed by atoms with E-state index in [1.54, 1.807) is 7.05 Å². The summed E-state index contributed by atoms with van der Waals surface area (Å²) in [5.74, 6) is -0.00435. The topological polar surface area (TPSA) is 97.6 Å². The van der Waals surface area contributed by atoms with Crippen molar-refractivity contribution in [1.29, 1.82) is 0 Å². The number of anilines is 1. The molecule has 2 saturated heterocycles. The van der Waals surface area contributed by atoms with Crippen molar-refractivity contribution >= 4 is 17.8 Å². The summed E-state index contributed by atoms with van der Waals surface area (Å²) >= 11 is 0. The molecular weight excluding hydrogens is 465 g/mol. The smallest absolute Gasteiger partial charge is 0.313 e. The minimum absolute atomic E-state index is 0.0867. The zero-order valence-corrected chi connectivity index (χ0v) is 21.1. The quantitative estimate of drug-likeness (QED) is 0.599. The van der Waals surface area contributed by atoms with Crippen molar-refractivity contribution in [1.82, 2.24) is 19.4 Å². The molecule has 4 heterocycles. The largest absolute Gasteiger partial charge is 0.448 e. The summed E-state index contributed by atoms with van der Waals surface area (Å²) in [5.41, 5.74) is -2.09. The van der Waals surface area contributed by atoms with E-state index in [-0.39, 0.29) is 46.6 Å². The molecule has 2 aliphatic carbocycles. The summed E-state index contributed by atoms with van der Waals surface area (Å²) in [6.07, 6.45) is 3.78. The Kier molecular flexibility index (Phi) is 4.58. The maximum Gasteiger partial charge on any atom is 0.313 e. The third kappa shape index (κ3) is 2.72. The Hall–Kier alpha value is -3.30. The molecule has 190 valence electrons. The first-order valence-corrected chi connectivity index (χ1v) is 12.4. The number of hydrogen-bond donors (Lipinski definition) is 0. The molecular formula is C26H30FN5O4. The zero-order valence-electron chi connectivity index (χ0n) is 21.1. The van der Waals surface area contributed by atoms with E-state index < -0.39 is 22.2 Å². The van der Waals surface area contributed by atoms with Gasteiger partial charge in [-0.15, -0.1) is 0 Å². The third-order valence-electron chi connectivity index (χ3n) is 9.79. The lowest BCUT2D eigenvalue weighted by molar-refractivity contribution is -0.173. The highest BCUT2D eigenvalue weighted by Crippen LogP contribution is 2.66. The Morgan fingerprint density at radius 1 is 1.19 bits per heavy atom. The van der Waals surface area contributed by atoms with Gasteiger partial charge in [0.15, 0.2) is 11.4 Å². The molecule has 2 aliphatic heterocycles. The molecule has 2 saturated carbocycles. The number of carbonyl (C=O) groups excluding carboxylic acids is 2. The normalized spacial score (nSPS) is 33.4. The summed E-state index contributed by atoms with van der Waals surface area (Å²) in [7, 11) is 3.53. The van der Waals surface area contributed by atoms with E-state index in [9.17, 15) is 18.8 Å². The zero-order chi connectivity index (χ0) is 25.8. The van der Waals surface area contributed by atoms with Gasteiger partial charge >= 0.3 is 5.97 Å². The van der Waals surface area contributed by atoms with Gasteiger partial charge in [-0.25, -0.2) is 9.37 Å². The number of fused-ring (bicyclic) bond motifs is 3. The van der Waals surface area contributed by atoms with Gasteiger partial charge in [-0.05, 0) is 25.8 Å². The SMILES string of the molecule is CN(c1nc(-c2ccncc2F)cc(=O)n1C)C1[C@H]2CN(C(=O)[C@@]34CC[C@@](C)(C(=O)O3)C4(C)C)C[C@@H]12. The molecule has 4 fully saturated rings. The van der Waals surface area contributed by atoms with E-state index in [1.165, 1.54) is 22.9 Å². The molecule has 2 bridgehead atoms. The van der Waals surface area contributed by atoms with E-state index in [4.69, 9.17) is 4.74 Å². The molecule has 1 amide bonds. The number of hydrogen-bond acceptors (Lipinski definition) is 7. The molecule has 1 unspecified atom stereocenters. The molecule has 0 spiro atoms. The number of likely N-dealkylation sites (tertiary alicyclic amines) is 1. The van der Waals surface area contributed by atoms with Crippen LogP contribution in [0, 0.1) is 28.5 Å². The van der Waals surface area contributed by atoms with Gasteiger partial charge in [-0.3, -0.25) is 23.9 Å². The number of aromatic nitrogens is 3. The maximum absolute atomic E-state index is 14.3. The van der Waals surface area contributed by atoms with Crippen molar-refractivity contribution in [3.05, 3.63) is 40.7 Å². The Morgan fingerprint density at radius 2 is 1.89 bits per heavy atom. The van der Waals surface area contributed by atoms with Gasteiger partial charge in [-0.2, -0.15) is 0 Å². The van der Waals surface area contributed by atoms with Crippen LogP contribution < -0.4 is 10.5 Å². The predicted molar refractivity (Wildman–Crippen MR) is 128 cm³/mol. The van der Waals surface area contributed by atoms with Crippen molar-refractivity contribution in [3.8, 4) is 11.3 Å². The molecule has 6 rings (SSSR count). The molecule has 0 N–H and O–H groups in total. The predicted octanol–water partition coefficient (Wildman–Crippen LogP) is 2.00. The van der Waals surface area contributed by atoms with E-state index in [2.05, 4.69) is 9.97 Å². The lowest BCUT2D eigenvalue weighted by Gasteiger charge is -2.38. The standard InChI is InChI=1S/C26H30FN5O4/c1-24(2)25(3)7-8-26(24,36-22(25)35)21(34)32-12-15-16(13-32)20(15)31(5)23-29-18(10-19(33)30(23)4)14-6-9-28-11-17(14)27/h6,9-11,15-16,20H,7-8,12-13H2,1-5H3/t15-,16+,20?,25-,26+/m0/s1. The van der Waals surface area contributed by atoms with Crippen LogP contribution >= 0.6 is 0 Å². The van der Waals surface area contributed by atoms with Crippen LogP contribution in [0.1, 0.15) is 33.6 Å². The minimum atomic E-state index is -1.09. The highest BCUT2D eigenvalue weighted by molar-refractivity contribution is 5.96. The van der Waals surface area contributed by atoms with Gasteiger partial charge in [0.2, 0.25) is 5.95 Å². The highest BCUT2D eigenvalue weighted by atomic mass is 19.1. The van der Waals surface area contributed by atoms with Crippen LogP contribution in [0.2, 0.25) is 0 Å². The van der Waals surface area contributed by atoms with Crippen LogP contribution in [0.3, 0.4) is 0 Å². The number of piperidine rings is 1. The van der Waals surface area contributed by atoms with Crippen LogP contribution in [0.25, 0.3) is 11.3 Å². The monoisotopic (exact) mass is 495 g/mol. The highest BCUT2D eigenvalue weighted by Gasteiger charge is 2.77. The molecule has 2 aromatic rings. The maximum atomic E-state index is 14.3. The Bertz CT molecular complexity index is 1360. The Balaban J connectivity index is 1.21. The van der Waals surface area contributed by atoms with E-state index >= 15 is 0 Å². The number of carbonyl (C=O) groups is 2. The second-order valence-electron chi connectivity index (χ2n) is 11.5. The minimum Gasteiger partial charge on any atom is -0.448 e. The number of nitrogens with zero attached hydrogens (tertiary/aromatic N) is 5. The summed E-state index contributed by atoms with van der Waals surface area (Å²) in [4.78, 5) is 51.2. The summed E-state index contributed by atoms with van der Waals surface area (Å²) in [5, 5.41) is 0. The first kappa shape index (κ1) is 23.1. The average Bonchev–Trinajstić information content (AvgIpc) is 3.18. The van der Waals surface area contributed by atoms with Crippen LogP contribution in [-0.2, 0) is 21.4 Å². The molecule has 4 aliphatic rings. The van der Waals surface area contributed by atoms with Gasteiger partial charge in [0.25, 0.3) is 11.5 Å². The Morgan fingerprint density at radius 3 is 2.47 bits per heavy atom. The Labute approximate surface area is 208 Å². The van der Waals surface area contributed by atoms with Crippen LogP contribution in [0.15, 0.2) is 29.3 Å². The molecule has 5 atom stereocenters. The first-order valence-electron chi connectivity index (χ1n) is 12.4. The number of rotatable bonds is 4. The van der Waals surface area contributed by atoms with Gasteiger partial charge in [0.05, 0.1) is 17.3 Å². The number of halogens is 1. The lowest BCUT2D eigenvalue weighted by Crippen LogP contribution is -2.55. The summed E-state index contributed by atoms with van der Waals surface area (Å²) in [6, 6.07) is 2.93. The average molecular weight is 496 g/mol. The summed E-state index contributed by atoms with van der Waals surface area (Å²) < 4.78 is 21.6. The van der Waals surface area contributed by atoms with Crippen molar-refractivity contribution in [2.75, 3.05) is 25.0 Å². The van der Waals surface area contributed by atoms with Crippen LogP contribution in [0.4, 0.5) is 10.3 Å². The first-order chi connectivity index (χ1) is 16.9. The molecule has 0 radical (unpaired) electrons. The van der Waals surface area contributed by atoms with E-state index in [0.29, 0.717) is 31.9 Å². The van der Waals surface area contributed by atoms with Crippen molar-refractivity contribution in [2.45, 2.75) is 45.3 Å². The van der Waals surface area contributed by atoms with Crippen molar-refractivity contribution < 1.29 is 18.7 Å². The van der Waals surface area contributed by atoms with Crippen molar-refractivity contribution in [3.63, 3.8) is 0 Å². The van der Waals surface area contributed by atoms with Crippen LogP contribution in [-0.4, -0.2) is 63.1 Å². The second-order valence-corrected chi connectivity index (χ2v) is 11.5. The number of esters is 1. The van der Waals surface area contributed by atoms with Gasteiger partial charge in [0, 0.05) is 68.3 Å². The number of pyridine rings is 1. The molecule has 9 nitrogen and oxygen atoms in total. The molecule has 10 heteroatoms. The van der Waals surface area contributed by atoms with Gasteiger partial charge < -0.3 is 14.5 Å². The number of ether oxygens (including phenoxy) is 1. The van der Waals surface area contributed by atoms with E-state index in [0.717, 1.165) is 6.20 Å². The molecule has 36 heavy (non-hydrogen) atoms. The third-order valence-corrected chi connectivity index (χ3v) is 9.79. The fourth-order valence-corrected chi connectivity index (χ4v) is 6.91. The fourth-order valence-electron chi connectivity index (χ4n) is 6.91. The lowest BCUT2D eigenvalue weighted by atomic mass is 9.66. The number of amides is 1. The van der Waals surface area contributed by atoms with Crippen molar-refractivity contribution in [2.24, 2.45) is 29.7 Å². The molecule has 2 aromatic heterocycles. The van der Waals surface area contributed by atoms with Gasteiger partial charge in [0.1, 0.15) is 0 Å². The summed E-state index contributed by atoms with van der Waals surface area (Å²) in [6.45, 7) is 6.99. The van der Waals surface area contributed by atoms with Gasteiger partial charge in [-0.1, -0.05) is 13.8 Å².